The smallest absolute Gasteiger partial charge is 0.407 e. The number of pyridine rings is 2. The van der Waals surface area contributed by atoms with Gasteiger partial charge in [-0.05, 0) is 36.2 Å². The minimum absolute atomic E-state index is 0.0224. The van der Waals surface area contributed by atoms with Gasteiger partial charge >= 0.3 is 6.09 Å². The van der Waals surface area contributed by atoms with Gasteiger partial charge in [0.2, 0.25) is 11.8 Å². The number of carbonyl (C=O) groups excluding carboxylic acids is 1. The zero-order valence-electron chi connectivity index (χ0n) is 25.1. The second-order valence-electron chi connectivity index (χ2n) is 11.1. The number of benzene rings is 2. The van der Waals surface area contributed by atoms with Crippen molar-refractivity contribution < 1.29 is 24.5 Å². The SMILES string of the molecule is COc1nc(-c2cccc(-c3cccc(-c4ccn5c(=O)cc(CO)nc5c4)c3Cl)c2Cl)ccc1CN(CC1CCC(=O)N1)C(=O)O. The molecule has 11 nitrogen and oxygen atoms in total. The Morgan fingerprint density at radius 2 is 1.70 bits per heavy atom. The van der Waals surface area contributed by atoms with E-state index in [1.807, 2.05) is 36.4 Å². The molecule has 1 unspecified atom stereocenters. The van der Waals surface area contributed by atoms with Crippen molar-refractivity contribution in [2.24, 2.45) is 0 Å². The van der Waals surface area contributed by atoms with E-state index in [-0.39, 0.29) is 48.8 Å². The number of amides is 2. The first kappa shape index (κ1) is 32.0. The molecule has 0 radical (unpaired) electrons. The Hall–Kier alpha value is -4.97. The summed E-state index contributed by atoms with van der Waals surface area (Å²) in [7, 11) is 1.46. The molecule has 0 bridgehead atoms. The van der Waals surface area contributed by atoms with Crippen LogP contribution < -0.4 is 15.6 Å². The van der Waals surface area contributed by atoms with Crippen LogP contribution in [0.2, 0.25) is 10.0 Å². The van der Waals surface area contributed by atoms with E-state index in [2.05, 4.69) is 15.3 Å². The Bertz CT molecular complexity index is 2090. The number of hydrogen-bond acceptors (Lipinski definition) is 7. The van der Waals surface area contributed by atoms with Crippen LogP contribution >= 0.6 is 23.2 Å². The Kier molecular flexibility index (Phi) is 9.12. The highest BCUT2D eigenvalue weighted by atomic mass is 35.5. The van der Waals surface area contributed by atoms with Crippen molar-refractivity contribution in [3.8, 4) is 39.4 Å². The summed E-state index contributed by atoms with van der Waals surface area (Å²) < 4.78 is 6.95. The van der Waals surface area contributed by atoms with Crippen LogP contribution in [0.15, 0.2) is 77.7 Å². The molecule has 0 aliphatic carbocycles. The first-order valence-corrected chi connectivity index (χ1v) is 15.4. The molecule has 240 valence electrons. The number of aromatic nitrogens is 3. The molecule has 0 saturated carbocycles. The zero-order chi connectivity index (χ0) is 33.2. The lowest BCUT2D eigenvalue weighted by Gasteiger charge is -2.23. The Morgan fingerprint density at radius 1 is 1.00 bits per heavy atom. The van der Waals surface area contributed by atoms with Gasteiger partial charge in [0.05, 0.1) is 41.7 Å². The van der Waals surface area contributed by atoms with Gasteiger partial charge in [0.15, 0.2) is 0 Å². The van der Waals surface area contributed by atoms with Crippen molar-refractivity contribution in [2.45, 2.75) is 32.0 Å². The second kappa shape index (κ2) is 13.4. The van der Waals surface area contributed by atoms with Crippen LogP contribution in [0.4, 0.5) is 4.79 Å². The fraction of sp³-hybridized carbons (Fsp3) is 0.206. The van der Waals surface area contributed by atoms with Crippen LogP contribution in [0.1, 0.15) is 24.1 Å². The molecule has 1 atom stereocenters. The lowest BCUT2D eigenvalue weighted by molar-refractivity contribution is -0.119. The minimum Gasteiger partial charge on any atom is -0.481 e. The molecular formula is C34H29Cl2N5O6. The summed E-state index contributed by atoms with van der Waals surface area (Å²) in [4.78, 5) is 46.3. The summed E-state index contributed by atoms with van der Waals surface area (Å²) in [5.74, 6) is 0.163. The van der Waals surface area contributed by atoms with Crippen LogP contribution in [-0.2, 0) is 17.9 Å². The summed E-state index contributed by atoms with van der Waals surface area (Å²) in [6.07, 6.45) is 1.45. The molecule has 3 aromatic heterocycles. The van der Waals surface area contributed by atoms with Gasteiger partial charge in [-0.15, -0.1) is 0 Å². The monoisotopic (exact) mass is 673 g/mol. The number of rotatable bonds is 9. The van der Waals surface area contributed by atoms with Gasteiger partial charge in [-0.25, -0.2) is 14.8 Å². The van der Waals surface area contributed by atoms with Gasteiger partial charge in [-0.1, -0.05) is 59.6 Å². The molecule has 47 heavy (non-hydrogen) atoms. The predicted molar refractivity (Wildman–Crippen MR) is 178 cm³/mol. The lowest BCUT2D eigenvalue weighted by Crippen LogP contribution is -2.41. The third kappa shape index (κ3) is 6.50. The lowest BCUT2D eigenvalue weighted by atomic mass is 9.97. The van der Waals surface area contributed by atoms with E-state index < -0.39 is 6.09 Å². The third-order valence-electron chi connectivity index (χ3n) is 8.05. The van der Waals surface area contributed by atoms with E-state index in [9.17, 15) is 24.6 Å². The number of ether oxygens (including phenoxy) is 1. The number of carboxylic acid groups (broad SMARTS) is 1. The summed E-state index contributed by atoms with van der Waals surface area (Å²) in [6, 6.07) is 19.1. The number of carbonyl (C=O) groups is 2. The van der Waals surface area contributed by atoms with E-state index in [1.54, 1.807) is 30.5 Å². The van der Waals surface area contributed by atoms with E-state index in [1.165, 1.54) is 22.5 Å². The van der Waals surface area contributed by atoms with Gasteiger partial charge in [0, 0.05) is 59.1 Å². The third-order valence-corrected chi connectivity index (χ3v) is 8.86. The van der Waals surface area contributed by atoms with Crippen molar-refractivity contribution in [3.63, 3.8) is 0 Å². The number of hydrogen-bond donors (Lipinski definition) is 3. The van der Waals surface area contributed by atoms with Crippen LogP contribution in [-0.4, -0.2) is 61.2 Å². The predicted octanol–water partition coefficient (Wildman–Crippen LogP) is 5.66. The fourth-order valence-electron chi connectivity index (χ4n) is 5.71. The Balaban J connectivity index is 1.32. The fourth-order valence-corrected chi connectivity index (χ4v) is 6.38. The van der Waals surface area contributed by atoms with Crippen molar-refractivity contribution >= 4 is 40.8 Å². The highest BCUT2D eigenvalue weighted by molar-refractivity contribution is 6.39. The Morgan fingerprint density at radius 3 is 2.36 bits per heavy atom. The number of fused-ring (bicyclic) bond motifs is 1. The van der Waals surface area contributed by atoms with Crippen molar-refractivity contribution in [3.05, 3.63) is 105 Å². The molecule has 1 aliphatic rings. The van der Waals surface area contributed by atoms with E-state index in [0.29, 0.717) is 62.0 Å². The maximum Gasteiger partial charge on any atom is 0.407 e. The van der Waals surface area contributed by atoms with E-state index in [0.717, 1.165) is 5.56 Å². The number of nitrogens with zero attached hydrogens (tertiary/aromatic N) is 4. The van der Waals surface area contributed by atoms with Crippen LogP contribution in [0.25, 0.3) is 39.2 Å². The normalized spacial score (nSPS) is 14.3. The van der Waals surface area contributed by atoms with Crippen molar-refractivity contribution in [2.75, 3.05) is 13.7 Å². The number of nitrogens with one attached hydrogen (secondary N) is 1. The molecule has 13 heteroatoms. The molecule has 1 aliphatic heterocycles. The van der Waals surface area contributed by atoms with E-state index in [4.69, 9.17) is 27.9 Å². The average molecular weight is 675 g/mol. The number of aliphatic hydroxyl groups excluding tert-OH is 1. The van der Waals surface area contributed by atoms with Crippen LogP contribution in [0.3, 0.4) is 0 Å². The molecule has 6 rings (SSSR count). The molecular weight excluding hydrogens is 645 g/mol. The van der Waals surface area contributed by atoms with Crippen LogP contribution in [0.5, 0.6) is 5.88 Å². The summed E-state index contributed by atoms with van der Waals surface area (Å²) in [6.45, 7) is -0.182. The largest absolute Gasteiger partial charge is 0.481 e. The molecule has 3 N–H and O–H groups in total. The van der Waals surface area contributed by atoms with Gasteiger partial charge in [0.25, 0.3) is 5.56 Å². The minimum atomic E-state index is -1.11. The molecule has 4 heterocycles. The summed E-state index contributed by atoms with van der Waals surface area (Å²) in [5.41, 5.74) is 4.78. The molecule has 2 aromatic carbocycles. The van der Waals surface area contributed by atoms with Gasteiger partial charge in [-0.2, -0.15) is 0 Å². The topological polar surface area (TPSA) is 146 Å². The van der Waals surface area contributed by atoms with Crippen LogP contribution in [0, 0.1) is 0 Å². The molecule has 1 fully saturated rings. The zero-order valence-corrected chi connectivity index (χ0v) is 26.6. The quantitative estimate of drug-likeness (QED) is 0.182. The molecule has 0 spiro atoms. The first-order chi connectivity index (χ1) is 22.7. The highest BCUT2D eigenvalue weighted by Gasteiger charge is 2.26. The molecule has 5 aromatic rings. The van der Waals surface area contributed by atoms with Crippen molar-refractivity contribution in [1.82, 2.24) is 24.6 Å². The first-order valence-electron chi connectivity index (χ1n) is 14.7. The highest BCUT2D eigenvalue weighted by Crippen LogP contribution is 2.42. The number of halogens is 2. The summed E-state index contributed by atoms with van der Waals surface area (Å²) >= 11 is 14.0. The molecule has 2 amide bonds. The standard InChI is InChI=1S/C34H29Cl2N5O6/c1-47-33-20(16-40(34(45)46)17-21-9-11-29(43)38-21)8-10-27(39-33)26-7-3-6-25(32(26)36)24-5-2-4-23(31(24)35)19-12-13-41-28(14-19)37-22(18-42)15-30(41)44/h2-8,10,12-15,21,42H,9,11,16-18H2,1H3,(H,38,43)(H,45,46). The van der Waals surface area contributed by atoms with Gasteiger partial charge in [-0.3, -0.25) is 14.0 Å². The van der Waals surface area contributed by atoms with Crippen molar-refractivity contribution in [1.29, 1.82) is 0 Å². The van der Waals surface area contributed by atoms with Gasteiger partial charge < -0.3 is 25.2 Å². The maximum atomic E-state index is 12.4. The average Bonchev–Trinajstić information content (AvgIpc) is 3.48. The molecule has 1 saturated heterocycles. The second-order valence-corrected chi connectivity index (χ2v) is 11.8. The summed E-state index contributed by atoms with van der Waals surface area (Å²) in [5, 5.41) is 23.0. The Labute approximate surface area is 279 Å². The van der Waals surface area contributed by atoms with Gasteiger partial charge in [0.1, 0.15) is 5.65 Å². The van der Waals surface area contributed by atoms with E-state index >= 15 is 0 Å². The number of methoxy groups -OCH3 is 1. The maximum absolute atomic E-state index is 12.4. The number of aliphatic hydroxyl groups is 1.